The molecule has 1 saturated carbocycles. The third kappa shape index (κ3) is 5.12. The number of amides is 1. The standard InChI is InChI=1S/C20H18BrClF3N5O/c21-17-18(12-5-6-12)30(28-19(17)20(23,24)25)8-7-16(31)27-14-9-26-29(11-14)10-13-3-1-2-4-15(13)22/h1-4,9,11-12H,5-8,10H2,(H,27,31). The Balaban J connectivity index is 1.38. The van der Waals surface area contributed by atoms with Crippen LogP contribution in [-0.2, 0) is 24.1 Å². The van der Waals surface area contributed by atoms with E-state index in [0.717, 1.165) is 18.4 Å². The Morgan fingerprint density at radius 1 is 1.29 bits per heavy atom. The first kappa shape index (κ1) is 21.9. The number of rotatable bonds is 7. The predicted octanol–water partition coefficient (Wildman–Crippen LogP) is 5.47. The fourth-order valence-electron chi connectivity index (χ4n) is 3.30. The number of aromatic nitrogens is 4. The molecule has 0 saturated heterocycles. The maximum Gasteiger partial charge on any atom is 0.436 e. The number of aryl methyl sites for hydroxylation is 1. The van der Waals surface area contributed by atoms with E-state index in [1.54, 1.807) is 16.9 Å². The van der Waals surface area contributed by atoms with Crippen LogP contribution in [0.15, 0.2) is 41.1 Å². The van der Waals surface area contributed by atoms with Gasteiger partial charge in [0.25, 0.3) is 0 Å². The Morgan fingerprint density at radius 3 is 2.71 bits per heavy atom. The van der Waals surface area contributed by atoms with Crippen LogP contribution in [-0.4, -0.2) is 25.5 Å². The lowest BCUT2D eigenvalue weighted by Gasteiger charge is -2.07. The highest BCUT2D eigenvalue weighted by Gasteiger charge is 2.41. The second-order valence-electron chi connectivity index (χ2n) is 7.36. The lowest BCUT2D eigenvalue weighted by atomic mass is 10.2. The van der Waals surface area contributed by atoms with Gasteiger partial charge >= 0.3 is 6.18 Å². The number of nitrogens with zero attached hydrogens (tertiary/aromatic N) is 4. The molecule has 0 spiro atoms. The maximum absolute atomic E-state index is 13.2. The van der Waals surface area contributed by atoms with Crippen molar-refractivity contribution in [1.29, 1.82) is 0 Å². The van der Waals surface area contributed by atoms with Crippen molar-refractivity contribution in [2.75, 3.05) is 5.32 Å². The predicted molar refractivity (Wildman–Crippen MR) is 113 cm³/mol. The van der Waals surface area contributed by atoms with E-state index < -0.39 is 11.9 Å². The smallest absolute Gasteiger partial charge is 0.323 e. The number of nitrogens with one attached hydrogen (secondary N) is 1. The summed E-state index contributed by atoms with van der Waals surface area (Å²) in [4.78, 5) is 12.3. The number of carbonyl (C=O) groups is 1. The monoisotopic (exact) mass is 515 g/mol. The number of anilines is 1. The van der Waals surface area contributed by atoms with E-state index in [0.29, 0.717) is 22.9 Å². The zero-order valence-electron chi connectivity index (χ0n) is 16.2. The number of hydrogen-bond acceptors (Lipinski definition) is 3. The molecule has 0 atom stereocenters. The summed E-state index contributed by atoms with van der Waals surface area (Å²) in [7, 11) is 0. The molecule has 0 unspecified atom stereocenters. The van der Waals surface area contributed by atoms with Crippen LogP contribution in [0.1, 0.15) is 42.1 Å². The van der Waals surface area contributed by atoms with Crippen molar-refractivity contribution in [3.8, 4) is 0 Å². The molecule has 1 aliphatic carbocycles. The molecule has 11 heteroatoms. The third-order valence-corrected chi connectivity index (χ3v) is 6.07. The van der Waals surface area contributed by atoms with Crippen LogP contribution >= 0.6 is 27.5 Å². The molecule has 1 aliphatic rings. The molecule has 3 aromatic rings. The lowest BCUT2D eigenvalue weighted by Crippen LogP contribution is -2.16. The summed E-state index contributed by atoms with van der Waals surface area (Å²) in [6.07, 6.45) is 0.254. The van der Waals surface area contributed by atoms with Crippen molar-refractivity contribution in [2.45, 2.75) is 44.4 Å². The van der Waals surface area contributed by atoms with Crippen LogP contribution in [0, 0.1) is 0 Å². The molecule has 0 radical (unpaired) electrons. The van der Waals surface area contributed by atoms with Gasteiger partial charge in [0.05, 0.1) is 35.1 Å². The molecular formula is C20H18BrClF3N5O. The number of carbonyl (C=O) groups excluding carboxylic acids is 1. The summed E-state index contributed by atoms with van der Waals surface area (Å²) in [5, 5.41) is 11.3. The third-order valence-electron chi connectivity index (χ3n) is 4.92. The van der Waals surface area contributed by atoms with E-state index in [-0.39, 0.29) is 29.3 Å². The highest BCUT2D eigenvalue weighted by atomic mass is 79.9. The molecule has 1 N–H and O–H groups in total. The number of hydrogen-bond donors (Lipinski definition) is 1. The van der Waals surface area contributed by atoms with E-state index in [1.165, 1.54) is 10.9 Å². The Kier molecular flexibility index (Phi) is 6.11. The maximum atomic E-state index is 13.2. The summed E-state index contributed by atoms with van der Waals surface area (Å²) < 4.78 is 42.5. The average Bonchev–Trinajstić information content (AvgIpc) is 3.34. The van der Waals surface area contributed by atoms with Crippen molar-refractivity contribution in [1.82, 2.24) is 19.6 Å². The van der Waals surface area contributed by atoms with Gasteiger partial charge in [-0.15, -0.1) is 0 Å². The van der Waals surface area contributed by atoms with Gasteiger partial charge in [-0.05, 0) is 40.4 Å². The van der Waals surface area contributed by atoms with E-state index in [1.807, 2.05) is 18.2 Å². The Labute approximate surface area is 189 Å². The Morgan fingerprint density at radius 2 is 2.03 bits per heavy atom. The van der Waals surface area contributed by atoms with Gasteiger partial charge in [-0.25, -0.2) is 0 Å². The fraction of sp³-hybridized carbons (Fsp3) is 0.350. The van der Waals surface area contributed by atoms with Crippen LogP contribution in [0.2, 0.25) is 5.02 Å². The number of halogens is 5. The molecule has 0 aliphatic heterocycles. The van der Waals surface area contributed by atoms with Crippen molar-refractivity contribution in [2.24, 2.45) is 0 Å². The van der Waals surface area contributed by atoms with Crippen molar-refractivity contribution in [3.05, 3.63) is 63.1 Å². The Bertz CT molecular complexity index is 1110. The molecule has 4 rings (SSSR count). The van der Waals surface area contributed by atoms with E-state index in [2.05, 4.69) is 31.4 Å². The minimum absolute atomic E-state index is 0.0131. The number of benzene rings is 1. The van der Waals surface area contributed by atoms with Gasteiger partial charge < -0.3 is 5.32 Å². The molecule has 6 nitrogen and oxygen atoms in total. The highest BCUT2D eigenvalue weighted by Crippen LogP contribution is 2.47. The summed E-state index contributed by atoms with van der Waals surface area (Å²) in [5.74, 6) is -0.289. The molecule has 164 valence electrons. The van der Waals surface area contributed by atoms with Crippen LogP contribution in [0.25, 0.3) is 0 Å². The van der Waals surface area contributed by atoms with Gasteiger partial charge in [0, 0.05) is 23.6 Å². The van der Waals surface area contributed by atoms with Gasteiger partial charge in [0.2, 0.25) is 5.91 Å². The van der Waals surface area contributed by atoms with E-state index >= 15 is 0 Å². The quantitative estimate of drug-likeness (QED) is 0.453. The van der Waals surface area contributed by atoms with E-state index in [9.17, 15) is 18.0 Å². The van der Waals surface area contributed by atoms with Gasteiger partial charge in [-0.1, -0.05) is 29.8 Å². The molecule has 2 heterocycles. The van der Waals surface area contributed by atoms with Gasteiger partial charge in [-0.2, -0.15) is 23.4 Å². The lowest BCUT2D eigenvalue weighted by molar-refractivity contribution is -0.142. The number of alkyl halides is 3. The summed E-state index contributed by atoms with van der Waals surface area (Å²) in [5.41, 5.74) is 0.947. The molecule has 0 bridgehead atoms. The average molecular weight is 517 g/mol. The zero-order valence-corrected chi connectivity index (χ0v) is 18.5. The van der Waals surface area contributed by atoms with Crippen LogP contribution < -0.4 is 5.32 Å². The molecule has 1 amide bonds. The van der Waals surface area contributed by atoms with Gasteiger partial charge in [-0.3, -0.25) is 14.2 Å². The minimum Gasteiger partial charge on any atom is -0.323 e. The Hall–Kier alpha value is -2.33. The molecule has 2 aromatic heterocycles. The highest BCUT2D eigenvalue weighted by molar-refractivity contribution is 9.10. The summed E-state index contributed by atoms with van der Waals surface area (Å²) >= 11 is 9.20. The van der Waals surface area contributed by atoms with Crippen molar-refractivity contribution in [3.63, 3.8) is 0 Å². The first-order valence-corrected chi connectivity index (χ1v) is 10.8. The fourth-order valence-corrected chi connectivity index (χ4v) is 4.33. The zero-order chi connectivity index (χ0) is 22.2. The van der Waals surface area contributed by atoms with Crippen LogP contribution in [0.5, 0.6) is 0 Å². The first-order valence-electron chi connectivity index (χ1n) is 9.61. The van der Waals surface area contributed by atoms with E-state index in [4.69, 9.17) is 11.6 Å². The summed E-state index contributed by atoms with van der Waals surface area (Å²) in [6, 6.07) is 7.39. The summed E-state index contributed by atoms with van der Waals surface area (Å²) in [6.45, 7) is 0.502. The topological polar surface area (TPSA) is 64.7 Å². The van der Waals surface area contributed by atoms with Gasteiger partial charge in [0.15, 0.2) is 5.69 Å². The molecule has 31 heavy (non-hydrogen) atoms. The molecular weight excluding hydrogens is 499 g/mol. The SMILES string of the molecule is O=C(CCn1nc(C(F)(F)F)c(Br)c1C1CC1)Nc1cnn(Cc2ccccc2Cl)c1. The minimum atomic E-state index is -4.55. The van der Waals surface area contributed by atoms with Crippen LogP contribution in [0.4, 0.5) is 18.9 Å². The molecule has 1 aromatic carbocycles. The first-order chi connectivity index (χ1) is 14.7. The van der Waals surface area contributed by atoms with Gasteiger partial charge in [0.1, 0.15) is 0 Å². The largest absolute Gasteiger partial charge is 0.436 e. The van der Waals surface area contributed by atoms with Crippen molar-refractivity contribution < 1.29 is 18.0 Å². The second kappa shape index (κ2) is 8.66. The second-order valence-corrected chi connectivity index (χ2v) is 8.56. The van der Waals surface area contributed by atoms with Crippen molar-refractivity contribution >= 4 is 39.1 Å². The van der Waals surface area contributed by atoms with Crippen LogP contribution in [0.3, 0.4) is 0 Å². The molecule has 1 fully saturated rings. The normalized spacial score (nSPS) is 14.1.